The van der Waals surface area contributed by atoms with Crippen LogP contribution in [0.5, 0.6) is 0 Å². The summed E-state index contributed by atoms with van der Waals surface area (Å²) in [5.74, 6) is -1.34. The minimum atomic E-state index is -0.837. The quantitative estimate of drug-likeness (QED) is 0.536. The number of carbonyl (C=O) groups excluding carboxylic acids is 2. The summed E-state index contributed by atoms with van der Waals surface area (Å²) in [5.41, 5.74) is 0.511. The summed E-state index contributed by atoms with van der Waals surface area (Å²) in [6.45, 7) is 3.35. The maximum Gasteiger partial charge on any atom is 0.374 e. The van der Waals surface area contributed by atoms with Gasteiger partial charge in [-0.15, -0.1) is 11.3 Å². The van der Waals surface area contributed by atoms with Crippen molar-refractivity contribution in [2.45, 2.75) is 13.8 Å². The van der Waals surface area contributed by atoms with Crippen LogP contribution in [0.4, 0.5) is 0 Å². The van der Waals surface area contributed by atoms with Crippen molar-refractivity contribution in [3.05, 3.63) is 67.7 Å². The lowest BCUT2D eigenvalue weighted by Crippen LogP contribution is -2.16. The molecule has 3 aromatic rings. The van der Waals surface area contributed by atoms with Gasteiger partial charge in [0.1, 0.15) is 5.58 Å². The average Bonchev–Trinajstić information content (AvgIpc) is 2.90. The first kappa shape index (κ1) is 16.1. The van der Waals surface area contributed by atoms with Crippen LogP contribution in [0.25, 0.3) is 11.0 Å². The van der Waals surface area contributed by atoms with Gasteiger partial charge in [0.05, 0.1) is 5.39 Å². The van der Waals surface area contributed by atoms with Crippen molar-refractivity contribution in [2.75, 3.05) is 6.61 Å². The van der Waals surface area contributed by atoms with Gasteiger partial charge in [0.2, 0.25) is 11.5 Å². The highest BCUT2D eigenvalue weighted by Crippen LogP contribution is 2.21. The van der Waals surface area contributed by atoms with Gasteiger partial charge in [0.15, 0.2) is 12.0 Å². The van der Waals surface area contributed by atoms with Gasteiger partial charge in [-0.3, -0.25) is 9.59 Å². The van der Waals surface area contributed by atoms with Gasteiger partial charge < -0.3 is 9.15 Å². The molecule has 3 rings (SSSR count). The molecule has 1 aromatic carbocycles. The highest BCUT2D eigenvalue weighted by Gasteiger charge is 2.18. The Morgan fingerprint density at radius 2 is 1.92 bits per heavy atom. The van der Waals surface area contributed by atoms with Crippen LogP contribution < -0.4 is 5.43 Å². The van der Waals surface area contributed by atoms with Crippen molar-refractivity contribution < 1.29 is 18.7 Å². The lowest BCUT2D eigenvalue weighted by atomic mass is 10.2. The van der Waals surface area contributed by atoms with E-state index in [2.05, 4.69) is 0 Å². The lowest BCUT2D eigenvalue weighted by molar-refractivity contribution is 0.0444. The first-order chi connectivity index (χ1) is 11.5. The van der Waals surface area contributed by atoms with Crippen LogP contribution in [-0.4, -0.2) is 18.4 Å². The minimum absolute atomic E-state index is 0.218. The molecule has 0 radical (unpaired) electrons. The summed E-state index contributed by atoms with van der Waals surface area (Å²) in [7, 11) is 0. The van der Waals surface area contributed by atoms with E-state index in [4.69, 9.17) is 9.15 Å². The number of rotatable bonds is 4. The molecule has 0 aliphatic heterocycles. The van der Waals surface area contributed by atoms with E-state index < -0.39 is 12.6 Å². The summed E-state index contributed by atoms with van der Waals surface area (Å²) in [4.78, 5) is 38.1. The normalized spacial score (nSPS) is 10.8. The highest BCUT2D eigenvalue weighted by atomic mass is 32.1. The number of ether oxygens (including phenoxy) is 1. The van der Waals surface area contributed by atoms with Gasteiger partial charge in [0, 0.05) is 21.4 Å². The molecule has 122 valence electrons. The van der Waals surface area contributed by atoms with E-state index in [9.17, 15) is 14.4 Å². The molecule has 0 saturated heterocycles. The molecule has 5 nitrogen and oxygen atoms in total. The van der Waals surface area contributed by atoms with Crippen LogP contribution in [0.3, 0.4) is 0 Å². The number of benzene rings is 1. The van der Waals surface area contributed by atoms with Gasteiger partial charge in [-0.2, -0.15) is 0 Å². The van der Waals surface area contributed by atoms with Crippen LogP contribution >= 0.6 is 11.3 Å². The third kappa shape index (κ3) is 3.14. The molecule has 0 amide bonds. The standard InChI is InChI=1S/C18H14O5S/c1-10-7-13(11(2)24-10)15(20)9-22-18(21)17-8-14(19)12-5-3-4-6-16(12)23-17/h3-8H,9H2,1-2H3. The molecule has 0 saturated carbocycles. The smallest absolute Gasteiger partial charge is 0.374 e. The predicted molar refractivity (Wildman–Crippen MR) is 90.9 cm³/mol. The second kappa shape index (κ2) is 6.41. The Morgan fingerprint density at radius 1 is 1.17 bits per heavy atom. The van der Waals surface area contributed by atoms with E-state index in [-0.39, 0.29) is 17.0 Å². The lowest BCUT2D eigenvalue weighted by Gasteiger charge is -2.04. The van der Waals surface area contributed by atoms with E-state index in [0.717, 1.165) is 15.8 Å². The monoisotopic (exact) mass is 342 g/mol. The van der Waals surface area contributed by atoms with Crippen LogP contribution in [-0.2, 0) is 4.74 Å². The van der Waals surface area contributed by atoms with Crippen LogP contribution in [0.1, 0.15) is 30.7 Å². The molecule has 2 aromatic heterocycles. The van der Waals surface area contributed by atoms with Gasteiger partial charge in [0.25, 0.3) is 0 Å². The fourth-order valence-corrected chi connectivity index (χ4v) is 3.33. The number of Topliss-reactive ketones (excluding diaryl/α,β-unsaturated/α-hetero) is 1. The molecule has 0 atom stereocenters. The maximum atomic E-state index is 12.1. The molecule has 2 heterocycles. The topological polar surface area (TPSA) is 73.6 Å². The summed E-state index contributed by atoms with van der Waals surface area (Å²) >= 11 is 1.51. The summed E-state index contributed by atoms with van der Waals surface area (Å²) in [6, 6.07) is 9.46. The van der Waals surface area contributed by atoms with Gasteiger partial charge >= 0.3 is 5.97 Å². The van der Waals surface area contributed by atoms with E-state index in [1.165, 1.54) is 11.3 Å². The van der Waals surface area contributed by atoms with Crippen LogP contribution in [0.15, 0.2) is 45.6 Å². The number of para-hydroxylation sites is 1. The van der Waals surface area contributed by atoms with E-state index in [1.807, 2.05) is 13.8 Å². The summed E-state index contributed by atoms with van der Waals surface area (Å²) in [5, 5.41) is 0.384. The van der Waals surface area contributed by atoms with Crippen LogP contribution in [0.2, 0.25) is 0 Å². The SMILES string of the molecule is Cc1cc(C(=O)COC(=O)c2cc(=O)c3ccccc3o2)c(C)s1. The van der Waals surface area contributed by atoms with Crippen molar-refractivity contribution in [1.82, 2.24) is 0 Å². The fraction of sp³-hybridized carbons (Fsp3) is 0.167. The van der Waals surface area contributed by atoms with E-state index in [1.54, 1.807) is 30.3 Å². The molecule has 6 heteroatoms. The Hall–Kier alpha value is -2.73. The first-order valence-electron chi connectivity index (χ1n) is 7.26. The Bertz CT molecular complexity index is 996. The third-order valence-electron chi connectivity index (χ3n) is 3.51. The Labute approximate surface area is 141 Å². The molecule has 0 N–H and O–H groups in total. The second-order valence-electron chi connectivity index (χ2n) is 5.30. The highest BCUT2D eigenvalue weighted by molar-refractivity contribution is 7.12. The van der Waals surface area contributed by atoms with Crippen molar-refractivity contribution in [3.63, 3.8) is 0 Å². The van der Waals surface area contributed by atoms with Crippen molar-refractivity contribution >= 4 is 34.1 Å². The first-order valence-corrected chi connectivity index (χ1v) is 8.07. The number of aryl methyl sites for hydroxylation is 2. The van der Waals surface area contributed by atoms with Crippen molar-refractivity contribution in [3.8, 4) is 0 Å². The van der Waals surface area contributed by atoms with Crippen LogP contribution in [0, 0.1) is 13.8 Å². The average molecular weight is 342 g/mol. The predicted octanol–water partition coefficient (Wildman–Crippen LogP) is 3.51. The maximum absolute atomic E-state index is 12.1. The van der Waals surface area contributed by atoms with Gasteiger partial charge in [-0.25, -0.2) is 4.79 Å². The number of carbonyl (C=O) groups is 2. The summed E-state index contributed by atoms with van der Waals surface area (Å²) in [6.07, 6.45) is 0. The Kier molecular flexibility index (Phi) is 4.31. The molecule has 24 heavy (non-hydrogen) atoms. The number of hydrogen-bond acceptors (Lipinski definition) is 6. The Balaban J connectivity index is 1.77. The molecule has 0 aliphatic rings. The molecular weight excluding hydrogens is 328 g/mol. The zero-order valence-corrected chi connectivity index (χ0v) is 13.9. The fourth-order valence-electron chi connectivity index (χ4n) is 2.39. The van der Waals surface area contributed by atoms with E-state index in [0.29, 0.717) is 16.5 Å². The molecule has 0 fully saturated rings. The zero-order valence-electron chi connectivity index (χ0n) is 13.1. The number of fused-ring (bicyclic) bond motifs is 1. The largest absolute Gasteiger partial charge is 0.451 e. The Morgan fingerprint density at radius 3 is 2.62 bits per heavy atom. The number of esters is 1. The number of ketones is 1. The van der Waals surface area contributed by atoms with Gasteiger partial charge in [-0.1, -0.05) is 12.1 Å². The minimum Gasteiger partial charge on any atom is -0.451 e. The molecule has 0 bridgehead atoms. The van der Waals surface area contributed by atoms with Crippen molar-refractivity contribution in [2.24, 2.45) is 0 Å². The molecule has 0 unspecified atom stereocenters. The van der Waals surface area contributed by atoms with E-state index >= 15 is 0 Å². The van der Waals surface area contributed by atoms with Gasteiger partial charge in [-0.05, 0) is 32.0 Å². The molecule has 0 aliphatic carbocycles. The van der Waals surface area contributed by atoms with Crippen molar-refractivity contribution in [1.29, 1.82) is 0 Å². The number of thiophene rings is 1. The molecule has 0 spiro atoms. The third-order valence-corrected chi connectivity index (χ3v) is 4.48. The number of hydrogen-bond donors (Lipinski definition) is 0. The zero-order chi connectivity index (χ0) is 17.3. The second-order valence-corrected chi connectivity index (χ2v) is 6.76. The summed E-state index contributed by atoms with van der Waals surface area (Å²) < 4.78 is 10.4. The molecular formula is C18H14O5S.